The van der Waals surface area contributed by atoms with Gasteiger partial charge in [-0.25, -0.2) is 0 Å². The highest BCUT2D eigenvalue weighted by Crippen LogP contribution is 2.28. The monoisotopic (exact) mass is 416 g/mol. The molecule has 0 aliphatic carbocycles. The Labute approximate surface area is 175 Å². The summed E-state index contributed by atoms with van der Waals surface area (Å²) >= 11 is 7.92. The summed E-state index contributed by atoms with van der Waals surface area (Å²) in [5.41, 5.74) is 1.09. The van der Waals surface area contributed by atoms with Crippen LogP contribution in [0, 0.1) is 0 Å². The van der Waals surface area contributed by atoms with Gasteiger partial charge >= 0.3 is 0 Å². The quantitative estimate of drug-likeness (QED) is 0.402. The SMILES string of the molecule is CCC(CC)n1c(COc2ccccc2Cl)nnc1SCCc1ccccn1. The van der Waals surface area contributed by atoms with Crippen LogP contribution in [0.2, 0.25) is 5.02 Å². The predicted octanol–water partition coefficient (Wildman–Crippen LogP) is 5.60. The molecular weight excluding hydrogens is 392 g/mol. The zero-order valence-electron chi connectivity index (χ0n) is 16.2. The first-order valence-electron chi connectivity index (χ1n) is 9.56. The lowest BCUT2D eigenvalue weighted by Gasteiger charge is -2.19. The zero-order valence-corrected chi connectivity index (χ0v) is 17.8. The molecule has 0 N–H and O–H groups in total. The molecule has 3 rings (SSSR count). The molecule has 1 aromatic carbocycles. The number of nitrogens with zero attached hydrogens (tertiary/aromatic N) is 4. The minimum absolute atomic E-state index is 0.341. The van der Waals surface area contributed by atoms with Crippen LogP contribution in [0.1, 0.15) is 44.2 Å². The van der Waals surface area contributed by atoms with Gasteiger partial charge in [-0.05, 0) is 43.5 Å². The molecule has 28 heavy (non-hydrogen) atoms. The van der Waals surface area contributed by atoms with Crippen LogP contribution < -0.4 is 4.74 Å². The number of benzene rings is 1. The summed E-state index contributed by atoms with van der Waals surface area (Å²) in [5, 5.41) is 10.4. The summed E-state index contributed by atoms with van der Waals surface area (Å²) in [6.07, 6.45) is 4.76. The van der Waals surface area contributed by atoms with E-state index in [-0.39, 0.29) is 0 Å². The minimum Gasteiger partial charge on any atom is -0.484 e. The van der Waals surface area contributed by atoms with Gasteiger partial charge in [0.1, 0.15) is 12.4 Å². The van der Waals surface area contributed by atoms with Crippen LogP contribution in [0.4, 0.5) is 0 Å². The molecule has 2 heterocycles. The largest absolute Gasteiger partial charge is 0.484 e. The Bertz CT molecular complexity index is 868. The molecule has 5 nitrogen and oxygen atoms in total. The van der Waals surface area contributed by atoms with Crippen molar-refractivity contribution < 1.29 is 4.74 Å². The molecule has 0 aliphatic heterocycles. The average Bonchev–Trinajstić information content (AvgIpc) is 3.12. The summed E-state index contributed by atoms with van der Waals surface area (Å²) in [7, 11) is 0. The van der Waals surface area contributed by atoms with Crippen molar-refractivity contribution >= 4 is 23.4 Å². The van der Waals surface area contributed by atoms with Crippen molar-refractivity contribution in [2.45, 2.75) is 50.9 Å². The van der Waals surface area contributed by atoms with Crippen LogP contribution in [-0.2, 0) is 13.0 Å². The van der Waals surface area contributed by atoms with Crippen molar-refractivity contribution in [1.82, 2.24) is 19.7 Å². The van der Waals surface area contributed by atoms with E-state index in [1.807, 2.05) is 42.6 Å². The summed E-state index contributed by atoms with van der Waals surface area (Å²) in [4.78, 5) is 4.39. The first-order chi connectivity index (χ1) is 13.7. The molecule has 0 saturated heterocycles. The molecule has 148 valence electrons. The summed E-state index contributed by atoms with van der Waals surface area (Å²) < 4.78 is 8.14. The molecule has 0 radical (unpaired) electrons. The number of ether oxygens (including phenoxy) is 1. The first kappa shape index (κ1) is 20.7. The fourth-order valence-electron chi connectivity index (χ4n) is 3.02. The second kappa shape index (κ2) is 10.5. The Morgan fingerprint density at radius 3 is 2.57 bits per heavy atom. The molecule has 0 aliphatic rings. The highest BCUT2D eigenvalue weighted by atomic mass is 35.5. The number of rotatable bonds is 10. The molecule has 0 amide bonds. The van der Waals surface area contributed by atoms with Gasteiger partial charge in [0.2, 0.25) is 0 Å². The number of hydrogen-bond donors (Lipinski definition) is 0. The molecule has 2 aromatic heterocycles. The molecule has 0 bridgehead atoms. The van der Waals surface area contributed by atoms with Gasteiger partial charge in [0.05, 0.1) is 5.02 Å². The lowest BCUT2D eigenvalue weighted by Crippen LogP contribution is -2.14. The van der Waals surface area contributed by atoms with Gasteiger partial charge in [0.25, 0.3) is 0 Å². The molecular formula is C21H25ClN4OS. The average molecular weight is 417 g/mol. The number of aromatic nitrogens is 4. The molecule has 0 unspecified atom stereocenters. The van der Waals surface area contributed by atoms with Crippen LogP contribution in [-0.4, -0.2) is 25.5 Å². The van der Waals surface area contributed by atoms with E-state index < -0.39 is 0 Å². The van der Waals surface area contributed by atoms with Crippen LogP contribution in [0.5, 0.6) is 5.75 Å². The Morgan fingerprint density at radius 1 is 1.07 bits per heavy atom. The zero-order chi connectivity index (χ0) is 19.8. The number of halogens is 1. The van der Waals surface area contributed by atoms with E-state index >= 15 is 0 Å². The van der Waals surface area contributed by atoms with Gasteiger partial charge in [-0.3, -0.25) is 4.98 Å². The van der Waals surface area contributed by atoms with Gasteiger partial charge in [0.15, 0.2) is 11.0 Å². The van der Waals surface area contributed by atoms with E-state index in [4.69, 9.17) is 16.3 Å². The van der Waals surface area contributed by atoms with Crippen LogP contribution in [0.15, 0.2) is 53.8 Å². The molecule has 7 heteroatoms. The molecule has 0 atom stereocenters. The summed E-state index contributed by atoms with van der Waals surface area (Å²) in [6, 6.07) is 13.8. The van der Waals surface area contributed by atoms with Crippen molar-refractivity contribution in [3.8, 4) is 5.75 Å². The maximum absolute atomic E-state index is 6.20. The highest BCUT2D eigenvalue weighted by Gasteiger charge is 2.19. The third-order valence-electron chi connectivity index (χ3n) is 4.55. The number of thioether (sulfide) groups is 1. The minimum atomic E-state index is 0.341. The molecule has 0 fully saturated rings. The van der Waals surface area contributed by atoms with Crippen molar-refractivity contribution in [2.24, 2.45) is 0 Å². The fourth-order valence-corrected chi connectivity index (χ4v) is 4.20. The predicted molar refractivity (Wildman–Crippen MR) is 114 cm³/mol. The second-order valence-corrected chi connectivity index (χ2v) is 7.85. The lowest BCUT2D eigenvalue weighted by molar-refractivity contribution is 0.278. The van der Waals surface area contributed by atoms with Crippen molar-refractivity contribution in [3.63, 3.8) is 0 Å². The van der Waals surface area contributed by atoms with Crippen molar-refractivity contribution in [3.05, 3.63) is 65.2 Å². The van der Waals surface area contributed by atoms with Crippen LogP contribution in [0.25, 0.3) is 0 Å². The highest BCUT2D eigenvalue weighted by molar-refractivity contribution is 7.99. The number of para-hydroxylation sites is 1. The third-order valence-corrected chi connectivity index (χ3v) is 5.81. The van der Waals surface area contributed by atoms with Gasteiger partial charge < -0.3 is 9.30 Å². The van der Waals surface area contributed by atoms with E-state index in [0.29, 0.717) is 23.4 Å². The van der Waals surface area contributed by atoms with E-state index in [9.17, 15) is 0 Å². The number of pyridine rings is 1. The summed E-state index contributed by atoms with van der Waals surface area (Å²) in [5.74, 6) is 2.39. The van der Waals surface area contributed by atoms with Crippen molar-refractivity contribution in [1.29, 1.82) is 0 Å². The Kier molecular flexibility index (Phi) is 7.74. The Hall–Kier alpha value is -2.05. The fraction of sp³-hybridized carbons (Fsp3) is 0.381. The van der Waals surface area contributed by atoms with E-state index in [2.05, 4.69) is 39.7 Å². The Balaban J connectivity index is 1.72. The molecule has 3 aromatic rings. The van der Waals surface area contributed by atoms with Crippen LogP contribution in [0.3, 0.4) is 0 Å². The molecule has 0 saturated carbocycles. The van der Waals surface area contributed by atoms with E-state index in [1.54, 1.807) is 11.8 Å². The number of hydrogen-bond acceptors (Lipinski definition) is 5. The third kappa shape index (κ3) is 5.26. The standard InChI is InChI=1S/C21H25ClN4OS/c1-3-17(4-2)26-20(15-27-19-11-6-5-10-18(19)22)24-25-21(26)28-14-12-16-9-7-8-13-23-16/h5-11,13,17H,3-4,12,14-15H2,1-2H3. The summed E-state index contributed by atoms with van der Waals surface area (Å²) in [6.45, 7) is 4.72. The number of aryl methyl sites for hydroxylation is 1. The van der Waals surface area contributed by atoms with E-state index in [1.165, 1.54) is 0 Å². The second-order valence-electron chi connectivity index (χ2n) is 6.38. The van der Waals surface area contributed by atoms with Gasteiger partial charge in [-0.15, -0.1) is 10.2 Å². The van der Waals surface area contributed by atoms with E-state index in [0.717, 1.165) is 41.7 Å². The smallest absolute Gasteiger partial charge is 0.191 e. The van der Waals surface area contributed by atoms with Gasteiger partial charge in [0, 0.05) is 23.7 Å². The first-order valence-corrected chi connectivity index (χ1v) is 10.9. The maximum Gasteiger partial charge on any atom is 0.191 e. The van der Waals surface area contributed by atoms with Crippen molar-refractivity contribution in [2.75, 3.05) is 5.75 Å². The molecule has 0 spiro atoms. The maximum atomic E-state index is 6.20. The Morgan fingerprint density at radius 2 is 1.86 bits per heavy atom. The van der Waals surface area contributed by atoms with Crippen LogP contribution >= 0.6 is 23.4 Å². The normalized spacial score (nSPS) is 11.1. The van der Waals surface area contributed by atoms with Gasteiger partial charge in [-0.2, -0.15) is 0 Å². The lowest BCUT2D eigenvalue weighted by atomic mass is 10.2. The van der Waals surface area contributed by atoms with Gasteiger partial charge in [-0.1, -0.05) is 55.4 Å². The topological polar surface area (TPSA) is 52.8 Å².